The molecule has 220 valence electrons. The van der Waals surface area contributed by atoms with Crippen LogP contribution in [-0.2, 0) is 25.6 Å². The van der Waals surface area contributed by atoms with E-state index in [0.717, 1.165) is 35.5 Å². The van der Waals surface area contributed by atoms with Crippen LogP contribution in [0.2, 0.25) is 0 Å². The van der Waals surface area contributed by atoms with Gasteiger partial charge in [0.05, 0.1) is 44.4 Å². The van der Waals surface area contributed by atoms with Crippen molar-refractivity contribution in [2.24, 2.45) is 5.92 Å². The number of rotatable bonds is 9. The molecule has 6 rings (SSSR count). The van der Waals surface area contributed by atoms with Gasteiger partial charge in [0.1, 0.15) is 23.4 Å². The fourth-order valence-corrected chi connectivity index (χ4v) is 6.04. The maximum absolute atomic E-state index is 13.2. The van der Waals surface area contributed by atoms with E-state index < -0.39 is 18.1 Å². The Morgan fingerprint density at radius 3 is 2.52 bits per heavy atom. The molecule has 0 unspecified atom stereocenters. The number of fused-ring (bicyclic) bond motifs is 4. The molecule has 4 atom stereocenters. The third-order valence-electron chi connectivity index (χ3n) is 8.14. The zero-order chi connectivity index (χ0) is 28.9. The van der Waals surface area contributed by atoms with Crippen LogP contribution in [0.25, 0.3) is 0 Å². The number of carbonyl (C=O) groups is 2. The Bertz CT molecular complexity index is 1370. The minimum Gasteiger partial charge on any atom is -0.490 e. The van der Waals surface area contributed by atoms with Crippen molar-refractivity contribution >= 4 is 17.5 Å². The molecule has 9 heteroatoms. The third-order valence-corrected chi connectivity index (χ3v) is 8.14. The Balaban J connectivity index is 1.10. The molecule has 2 bridgehead atoms. The van der Waals surface area contributed by atoms with Gasteiger partial charge >= 0.3 is 0 Å². The fourth-order valence-electron chi connectivity index (χ4n) is 6.04. The van der Waals surface area contributed by atoms with E-state index in [0.29, 0.717) is 37.6 Å². The summed E-state index contributed by atoms with van der Waals surface area (Å²) in [5.41, 5.74) is 2.54. The average Bonchev–Trinajstić information content (AvgIpc) is 3.12. The molecule has 0 aliphatic carbocycles. The zero-order valence-corrected chi connectivity index (χ0v) is 23.4. The summed E-state index contributed by atoms with van der Waals surface area (Å²) >= 11 is 0. The van der Waals surface area contributed by atoms with Gasteiger partial charge in [0.25, 0.3) is 0 Å². The molecule has 0 spiro atoms. The summed E-state index contributed by atoms with van der Waals surface area (Å²) in [6.45, 7) is 1.36. The van der Waals surface area contributed by atoms with Crippen LogP contribution in [0.15, 0.2) is 72.8 Å². The Kier molecular flexibility index (Phi) is 8.69. The van der Waals surface area contributed by atoms with Crippen LogP contribution in [0, 0.1) is 5.92 Å². The SMILES string of the molecule is O=C(C[C@H]1C[C@@H]2c3cc(ccc3OC3CCOCC3)NC(=O)[C@@H]2[C@@H](CO)O1)NCc1ccc(Oc2ccccc2)cc1. The third kappa shape index (κ3) is 6.59. The van der Waals surface area contributed by atoms with E-state index in [4.69, 9.17) is 18.9 Å². The Labute approximate surface area is 245 Å². The van der Waals surface area contributed by atoms with Gasteiger partial charge in [0.2, 0.25) is 11.8 Å². The predicted molar refractivity (Wildman–Crippen MR) is 156 cm³/mol. The molecule has 3 heterocycles. The first-order valence-corrected chi connectivity index (χ1v) is 14.6. The summed E-state index contributed by atoms with van der Waals surface area (Å²) in [6.07, 6.45) is 1.04. The second-order valence-corrected chi connectivity index (χ2v) is 11.1. The van der Waals surface area contributed by atoms with E-state index in [-0.39, 0.29) is 36.9 Å². The topological polar surface area (TPSA) is 115 Å². The number of anilines is 1. The van der Waals surface area contributed by atoms with Gasteiger partial charge in [-0.2, -0.15) is 0 Å². The highest BCUT2D eigenvalue weighted by molar-refractivity contribution is 5.95. The van der Waals surface area contributed by atoms with Crippen LogP contribution in [0.3, 0.4) is 0 Å². The Morgan fingerprint density at radius 2 is 1.76 bits per heavy atom. The average molecular weight is 573 g/mol. The van der Waals surface area contributed by atoms with Crippen LogP contribution in [0.4, 0.5) is 5.69 Å². The van der Waals surface area contributed by atoms with Crippen LogP contribution in [0.5, 0.6) is 17.2 Å². The smallest absolute Gasteiger partial charge is 0.230 e. The molecule has 3 aromatic rings. The first-order valence-electron chi connectivity index (χ1n) is 14.6. The number of aliphatic hydroxyl groups is 1. The van der Waals surface area contributed by atoms with E-state index in [1.807, 2.05) is 72.8 Å². The maximum atomic E-state index is 13.2. The van der Waals surface area contributed by atoms with Gasteiger partial charge < -0.3 is 34.7 Å². The van der Waals surface area contributed by atoms with Gasteiger partial charge in [0, 0.05) is 36.6 Å². The van der Waals surface area contributed by atoms with Gasteiger partial charge in [0.15, 0.2) is 0 Å². The van der Waals surface area contributed by atoms with Gasteiger partial charge in [-0.1, -0.05) is 30.3 Å². The molecule has 3 aliphatic heterocycles. The van der Waals surface area contributed by atoms with E-state index in [9.17, 15) is 14.7 Å². The van der Waals surface area contributed by atoms with Gasteiger partial charge in [-0.25, -0.2) is 0 Å². The van der Waals surface area contributed by atoms with Crippen LogP contribution >= 0.6 is 0 Å². The summed E-state index contributed by atoms with van der Waals surface area (Å²) in [4.78, 5) is 26.2. The standard InChI is InChI=1S/C33H36N2O7/c36-20-30-32-28(27-16-22(35-33(32)38)8-11-29(27)41-25-12-14-39-15-13-25)17-26(42-30)18-31(37)34-19-21-6-9-24(10-7-21)40-23-4-2-1-3-5-23/h1-11,16,25-26,28,30,32,36H,12-15,17-20H2,(H,34,37)(H,35,38)/t26-,28-,30-,32+/m1/s1. The summed E-state index contributed by atoms with van der Waals surface area (Å²) in [7, 11) is 0. The summed E-state index contributed by atoms with van der Waals surface area (Å²) in [6, 6.07) is 22.8. The molecule has 0 aromatic heterocycles. The van der Waals surface area contributed by atoms with Gasteiger partial charge in [-0.05, 0) is 54.4 Å². The molecule has 9 nitrogen and oxygen atoms in total. The molecule has 2 saturated heterocycles. The number of para-hydroxylation sites is 1. The number of ether oxygens (including phenoxy) is 4. The maximum Gasteiger partial charge on any atom is 0.230 e. The number of benzene rings is 3. The predicted octanol–water partition coefficient (Wildman–Crippen LogP) is 4.54. The highest BCUT2D eigenvalue weighted by Gasteiger charge is 2.46. The lowest BCUT2D eigenvalue weighted by atomic mass is 9.76. The molecule has 2 fully saturated rings. The minimum absolute atomic E-state index is 0.0419. The van der Waals surface area contributed by atoms with Crippen molar-refractivity contribution in [2.75, 3.05) is 25.1 Å². The number of hydrogen-bond acceptors (Lipinski definition) is 7. The molecule has 0 radical (unpaired) electrons. The van der Waals surface area contributed by atoms with Crippen molar-refractivity contribution in [1.29, 1.82) is 0 Å². The van der Waals surface area contributed by atoms with Crippen molar-refractivity contribution in [1.82, 2.24) is 5.32 Å². The van der Waals surface area contributed by atoms with Crippen molar-refractivity contribution in [3.05, 3.63) is 83.9 Å². The number of hydrogen-bond donors (Lipinski definition) is 3. The lowest BCUT2D eigenvalue weighted by Gasteiger charge is -2.40. The molecule has 42 heavy (non-hydrogen) atoms. The summed E-state index contributed by atoms with van der Waals surface area (Å²) in [5, 5.41) is 16.1. The highest BCUT2D eigenvalue weighted by atomic mass is 16.5. The summed E-state index contributed by atoms with van der Waals surface area (Å²) in [5.74, 6) is 0.998. The van der Waals surface area contributed by atoms with Gasteiger partial charge in [-0.3, -0.25) is 9.59 Å². The molecule has 0 saturated carbocycles. The van der Waals surface area contributed by atoms with Crippen molar-refractivity contribution in [3.63, 3.8) is 0 Å². The number of nitrogens with one attached hydrogen (secondary N) is 2. The van der Waals surface area contributed by atoms with Crippen LogP contribution in [0.1, 0.15) is 42.7 Å². The van der Waals surface area contributed by atoms with E-state index in [1.54, 1.807) is 0 Å². The van der Waals surface area contributed by atoms with Crippen LogP contribution < -0.4 is 20.1 Å². The number of aliphatic hydroxyl groups excluding tert-OH is 1. The second kappa shape index (κ2) is 12.9. The van der Waals surface area contributed by atoms with E-state index in [1.165, 1.54) is 0 Å². The summed E-state index contributed by atoms with van der Waals surface area (Å²) < 4.78 is 23.9. The molecule has 3 aliphatic rings. The second-order valence-electron chi connectivity index (χ2n) is 11.1. The molecule has 3 N–H and O–H groups in total. The Morgan fingerprint density at radius 1 is 1.00 bits per heavy atom. The molecule has 3 aromatic carbocycles. The normalized spacial score (nSPS) is 23.7. The van der Waals surface area contributed by atoms with Gasteiger partial charge in [-0.15, -0.1) is 0 Å². The zero-order valence-electron chi connectivity index (χ0n) is 23.4. The lowest BCUT2D eigenvalue weighted by Crippen LogP contribution is -2.48. The fraction of sp³-hybridized carbons (Fsp3) is 0.394. The highest BCUT2D eigenvalue weighted by Crippen LogP contribution is 2.46. The molecular weight excluding hydrogens is 536 g/mol. The van der Waals surface area contributed by atoms with E-state index in [2.05, 4.69) is 10.6 Å². The first kappa shape index (κ1) is 28.2. The lowest BCUT2D eigenvalue weighted by molar-refractivity contribution is -0.148. The van der Waals surface area contributed by atoms with Crippen LogP contribution in [-0.4, -0.2) is 55.1 Å². The monoisotopic (exact) mass is 572 g/mol. The van der Waals surface area contributed by atoms with Crippen molar-refractivity contribution in [2.45, 2.75) is 56.5 Å². The Hall–Kier alpha value is -3.92. The van der Waals surface area contributed by atoms with Crippen molar-refractivity contribution < 1.29 is 33.6 Å². The number of carbonyl (C=O) groups excluding carboxylic acids is 2. The number of amides is 2. The first-order chi connectivity index (χ1) is 20.6. The molecular formula is C33H36N2O7. The minimum atomic E-state index is -0.733. The largest absolute Gasteiger partial charge is 0.490 e. The van der Waals surface area contributed by atoms with Crippen molar-refractivity contribution in [3.8, 4) is 17.2 Å². The molecule has 2 amide bonds. The van der Waals surface area contributed by atoms with E-state index >= 15 is 0 Å². The quantitative estimate of drug-likeness (QED) is 0.345.